The van der Waals surface area contributed by atoms with Crippen molar-refractivity contribution in [2.24, 2.45) is 0 Å². The van der Waals surface area contributed by atoms with Crippen LogP contribution in [0.4, 0.5) is 0 Å². The summed E-state index contributed by atoms with van der Waals surface area (Å²) in [6, 6.07) is 0. The van der Waals surface area contributed by atoms with Gasteiger partial charge in [-0.05, 0) is 41.4 Å². The molecular weight excluding hydrogens is 220 g/mol. The minimum atomic E-state index is -0.800. The smallest absolute Gasteiger partial charge is 0.175 e. The van der Waals surface area contributed by atoms with Gasteiger partial charge >= 0.3 is 0 Å². The van der Waals surface area contributed by atoms with E-state index < -0.39 is 11.2 Å². The second-order valence-electron chi connectivity index (χ2n) is 2.55. The van der Waals surface area contributed by atoms with Gasteiger partial charge in [-0.25, -0.2) is 0 Å². The van der Waals surface area contributed by atoms with Crippen LogP contribution in [0.1, 0.15) is 33.6 Å². The molecule has 0 saturated carbocycles. The van der Waals surface area contributed by atoms with Crippen LogP contribution in [-0.2, 0) is 11.2 Å². The maximum absolute atomic E-state index is 11.6. The molecule has 0 rings (SSSR count). The van der Waals surface area contributed by atoms with Crippen LogP contribution in [0.2, 0.25) is 0 Å². The summed E-state index contributed by atoms with van der Waals surface area (Å²) >= 11 is -0.800. The molecule has 4 heteroatoms. The zero-order chi connectivity index (χ0) is 10.1. The van der Waals surface area contributed by atoms with Crippen molar-refractivity contribution in [1.82, 2.24) is 0 Å². The molecule has 0 fully saturated rings. The van der Waals surface area contributed by atoms with E-state index in [0.717, 1.165) is 12.2 Å². The van der Waals surface area contributed by atoms with Crippen molar-refractivity contribution in [1.29, 1.82) is 0 Å². The standard InChI is InChI=1S/C9H18OS3/c1-4-7-11-12-9(6-3)13(10)8-5-2/h5,8-9H,4,6-7H2,1-3H3/b8-5+. The van der Waals surface area contributed by atoms with Crippen LogP contribution in [0, 0.1) is 0 Å². The van der Waals surface area contributed by atoms with E-state index in [1.54, 1.807) is 16.2 Å². The third-order valence-electron chi connectivity index (χ3n) is 1.33. The fourth-order valence-electron chi connectivity index (χ4n) is 0.700. The maximum Gasteiger partial charge on any atom is 0.175 e. The fraction of sp³-hybridized carbons (Fsp3) is 0.778. The average molecular weight is 238 g/mol. The second kappa shape index (κ2) is 9.31. The highest BCUT2D eigenvalue weighted by atomic mass is 33.1. The van der Waals surface area contributed by atoms with Crippen molar-refractivity contribution in [3.05, 3.63) is 11.5 Å². The maximum atomic E-state index is 11.6. The Morgan fingerprint density at radius 1 is 1.46 bits per heavy atom. The summed E-state index contributed by atoms with van der Waals surface area (Å²) in [6.07, 6.45) is 4.02. The molecule has 0 heterocycles. The van der Waals surface area contributed by atoms with Crippen molar-refractivity contribution >= 4 is 32.8 Å². The molecule has 0 aromatic carbocycles. The van der Waals surface area contributed by atoms with E-state index >= 15 is 0 Å². The quantitative estimate of drug-likeness (QED) is 0.383. The Kier molecular flexibility index (Phi) is 9.85. The largest absolute Gasteiger partial charge is 0.611 e. The molecule has 1 nitrogen and oxygen atoms in total. The van der Waals surface area contributed by atoms with E-state index in [9.17, 15) is 4.55 Å². The summed E-state index contributed by atoms with van der Waals surface area (Å²) in [4.78, 5) is 0. The first-order chi connectivity index (χ1) is 6.26. The molecule has 0 aromatic heterocycles. The zero-order valence-corrected chi connectivity index (χ0v) is 10.9. The summed E-state index contributed by atoms with van der Waals surface area (Å²) in [5.41, 5.74) is 0. The van der Waals surface area contributed by atoms with E-state index in [4.69, 9.17) is 0 Å². The van der Waals surface area contributed by atoms with Crippen molar-refractivity contribution in [2.45, 2.75) is 38.2 Å². The summed E-state index contributed by atoms with van der Waals surface area (Å²) in [5.74, 6) is 1.15. The lowest BCUT2D eigenvalue weighted by molar-refractivity contribution is 0.599. The highest BCUT2D eigenvalue weighted by Gasteiger charge is 2.18. The molecule has 78 valence electrons. The summed E-state index contributed by atoms with van der Waals surface area (Å²) in [7, 11) is 3.59. The molecule has 0 saturated heterocycles. The first-order valence-electron chi connectivity index (χ1n) is 4.56. The highest BCUT2D eigenvalue weighted by molar-refractivity contribution is 8.78. The lowest BCUT2D eigenvalue weighted by Crippen LogP contribution is -2.12. The van der Waals surface area contributed by atoms with Crippen LogP contribution in [0.5, 0.6) is 0 Å². The van der Waals surface area contributed by atoms with E-state index in [-0.39, 0.29) is 4.58 Å². The molecule has 0 bridgehead atoms. The van der Waals surface area contributed by atoms with Crippen LogP contribution >= 0.6 is 21.6 Å². The summed E-state index contributed by atoms with van der Waals surface area (Å²) in [6.45, 7) is 6.16. The van der Waals surface area contributed by atoms with Gasteiger partial charge in [0.1, 0.15) is 5.41 Å². The minimum Gasteiger partial charge on any atom is -0.611 e. The van der Waals surface area contributed by atoms with E-state index in [2.05, 4.69) is 13.8 Å². The van der Waals surface area contributed by atoms with Gasteiger partial charge in [0.15, 0.2) is 4.58 Å². The van der Waals surface area contributed by atoms with Gasteiger partial charge in [-0.2, -0.15) is 0 Å². The minimum absolute atomic E-state index is 0.257. The molecule has 0 radical (unpaired) electrons. The molecule has 0 aliphatic carbocycles. The molecule has 0 N–H and O–H groups in total. The third kappa shape index (κ3) is 6.77. The SMILES string of the molecule is C/C=C/[S+]([O-])C(CC)SSCCC. The average Bonchev–Trinajstić information content (AvgIpc) is 2.13. The molecular formula is C9H18OS3. The number of allylic oxidation sites excluding steroid dienone is 1. The Balaban J connectivity index is 3.73. The molecule has 13 heavy (non-hydrogen) atoms. The molecule has 0 aliphatic heterocycles. The van der Waals surface area contributed by atoms with Gasteiger partial charge in [-0.1, -0.05) is 24.6 Å². The van der Waals surface area contributed by atoms with Gasteiger partial charge in [0.25, 0.3) is 0 Å². The Morgan fingerprint density at radius 3 is 2.62 bits per heavy atom. The number of rotatable bonds is 7. The topological polar surface area (TPSA) is 23.1 Å². The Labute approximate surface area is 92.7 Å². The van der Waals surface area contributed by atoms with Crippen LogP contribution in [0.25, 0.3) is 0 Å². The Bertz CT molecular complexity index is 139. The number of hydrogen-bond acceptors (Lipinski definition) is 3. The van der Waals surface area contributed by atoms with Crippen molar-refractivity contribution in [3.63, 3.8) is 0 Å². The lowest BCUT2D eigenvalue weighted by Gasteiger charge is -2.15. The van der Waals surface area contributed by atoms with Gasteiger partial charge in [-0.3, -0.25) is 0 Å². The first-order valence-corrected chi connectivity index (χ1v) is 8.22. The Hall–Kier alpha value is 0.750. The summed E-state index contributed by atoms with van der Waals surface area (Å²) < 4.78 is 11.8. The van der Waals surface area contributed by atoms with Crippen molar-refractivity contribution < 1.29 is 4.55 Å². The first kappa shape index (κ1) is 13.8. The summed E-state index contributed by atoms with van der Waals surface area (Å²) in [5, 5.41) is 1.79. The van der Waals surface area contributed by atoms with E-state index in [1.165, 1.54) is 6.42 Å². The van der Waals surface area contributed by atoms with Gasteiger partial charge in [0.2, 0.25) is 0 Å². The van der Waals surface area contributed by atoms with Crippen LogP contribution < -0.4 is 0 Å². The highest BCUT2D eigenvalue weighted by Crippen LogP contribution is 2.33. The molecule has 0 aromatic rings. The molecule has 2 unspecified atom stereocenters. The molecule has 0 amide bonds. The third-order valence-corrected chi connectivity index (χ3v) is 6.80. The van der Waals surface area contributed by atoms with E-state index in [1.807, 2.05) is 23.8 Å². The van der Waals surface area contributed by atoms with Gasteiger partial charge in [-0.15, -0.1) is 0 Å². The number of hydrogen-bond donors (Lipinski definition) is 0. The van der Waals surface area contributed by atoms with Crippen LogP contribution in [-0.4, -0.2) is 14.9 Å². The second-order valence-corrected chi connectivity index (χ2v) is 7.04. The predicted molar refractivity (Wildman–Crippen MR) is 67.4 cm³/mol. The van der Waals surface area contributed by atoms with Gasteiger partial charge < -0.3 is 4.55 Å². The van der Waals surface area contributed by atoms with Crippen molar-refractivity contribution in [2.75, 3.05) is 5.75 Å². The normalized spacial score (nSPS) is 16.3. The van der Waals surface area contributed by atoms with Gasteiger partial charge in [0, 0.05) is 12.2 Å². The van der Waals surface area contributed by atoms with Gasteiger partial charge in [0.05, 0.1) is 0 Å². The predicted octanol–water partition coefficient (Wildman–Crippen LogP) is 3.80. The lowest BCUT2D eigenvalue weighted by atomic mass is 10.6. The van der Waals surface area contributed by atoms with Crippen LogP contribution in [0.3, 0.4) is 0 Å². The fourth-order valence-corrected chi connectivity index (χ4v) is 5.37. The molecule has 0 aliphatic rings. The van der Waals surface area contributed by atoms with Crippen LogP contribution in [0.15, 0.2) is 11.5 Å². The van der Waals surface area contributed by atoms with Crippen molar-refractivity contribution in [3.8, 4) is 0 Å². The Morgan fingerprint density at radius 2 is 2.15 bits per heavy atom. The monoisotopic (exact) mass is 238 g/mol. The molecule has 0 spiro atoms. The molecule has 2 atom stereocenters. The zero-order valence-electron chi connectivity index (χ0n) is 8.49. The van der Waals surface area contributed by atoms with E-state index in [0.29, 0.717) is 0 Å².